The Hall–Kier alpha value is -3.90. The van der Waals surface area contributed by atoms with Crippen LogP contribution in [0.25, 0.3) is 0 Å². The van der Waals surface area contributed by atoms with Gasteiger partial charge in [0, 0.05) is 73.9 Å². The monoisotopic (exact) mass is 698 g/mol. The highest BCUT2D eigenvalue weighted by molar-refractivity contribution is 6.31. The maximum absolute atomic E-state index is 12.7. The molecule has 5 heterocycles. The first-order valence-corrected chi connectivity index (χ1v) is 18.5. The molecule has 0 spiro atoms. The highest BCUT2D eigenvalue weighted by Crippen LogP contribution is 2.43. The SMILES string of the molecule is C=CC(=O)Nc1cc(Nc2cc(N3OCC[C@@H]3c3cccc(Cl)c3C)ncn2)c(OC)cc1N1CCC(N2CC3CCC(C2)N3C2CC2)CC1. The van der Waals surface area contributed by atoms with Crippen LogP contribution in [0.5, 0.6) is 5.75 Å². The molecule has 2 N–H and O–H groups in total. The number of hydrogen-bond donors (Lipinski definition) is 2. The number of piperidine rings is 1. The first-order valence-electron chi connectivity index (χ1n) is 18.1. The van der Waals surface area contributed by atoms with Gasteiger partial charge in [-0.3, -0.25) is 19.4 Å². The van der Waals surface area contributed by atoms with Crippen LogP contribution in [0, 0.1) is 6.92 Å². The zero-order chi connectivity index (χ0) is 34.4. The molecule has 12 heteroatoms. The number of methoxy groups -OCH3 is 1. The Labute approximate surface area is 299 Å². The van der Waals surface area contributed by atoms with Crippen molar-refractivity contribution in [3.8, 4) is 5.75 Å². The summed E-state index contributed by atoms with van der Waals surface area (Å²) in [6, 6.07) is 14.7. The van der Waals surface area contributed by atoms with Gasteiger partial charge in [0.25, 0.3) is 0 Å². The smallest absolute Gasteiger partial charge is 0.247 e. The summed E-state index contributed by atoms with van der Waals surface area (Å²) in [5.74, 6) is 1.58. The molecular formula is C38H47ClN8O3. The second-order valence-electron chi connectivity index (χ2n) is 14.3. The van der Waals surface area contributed by atoms with Crippen LogP contribution in [0.3, 0.4) is 0 Å². The molecule has 5 aliphatic rings. The predicted molar refractivity (Wildman–Crippen MR) is 198 cm³/mol. The molecule has 2 aromatic carbocycles. The number of hydroxylamine groups is 1. The van der Waals surface area contributed by atoms with E-state index in [-0.39, 0.29) is 11.9 Å². The Balaban J connectivity index is 0.999. The minimum absolute atomic E-state index is 0.0300. The van der Waals surface area contributed by atoms with Crippen molar-refractivity contribution in [3.05, 3.63) is 71.5 Å². The molecule has 1 saturated carbocycles. The Morgan fingerprint density at radius 2 is 1.74 bits per heavy atom. The molecule has 4 saturated heterocycles. The Morgan fingerprint density at radius 1 is 0.980 bits per heavy atom. The molecule has 50 heavy (non-hydrogen) atoms. The highest BCUT2D eigenvalue weighted by atomic mass is 35.5. The topological polar surface area (TPSA) is 98.3 Å². The summed E-state index contributed by atoms with van der Waals surface area (Å²) in [4.78, 5) is 35.8. The largest absolute Gasteiger partial charge is 0.494 e. The van der Waals surface area contributed by atoms with Gasteiger partial charge in [0.05, 0.1) is 36.8 Å². The van der Waals surface area contributed by atoms with Crippen LogP contribution in [0.4, 0.5) is 28.7 Å². The molecule has 3 atom stereocenters. The van der Waals surface area contributed by atoms with E-state index in [1.54, 1.807) is 7.11 Å². The number of hydrogen-bond acceptors (Lipinski definition) is 10. The zero-order valence-corrected chi connectivity index (χ0v) is 29.7. The lowest BCUT2D eigenvalue weighted by Crippen LogP contribution is -2.58. The molecular weight excluding hydrogens is 652 g/mol. The average Bonchev–Trinajstić information content (AvgIpc) is 3.80. The number of nitrogens with one attached hydrogen (secondary N) is 2. The minimum Gasteiger partial charge on any atom is -0.494 e. The van der Waals surface area contributed by atoms with Crippen LogP contribution in [0.2, 0.25) is 5.02 Å². The van der Waals surface area contributed by atoms with Crippen LogP contribution < -0.4 is 25.3 Å². The van der Waals surface area contributed by atoms with Crippen molar-refractivity contribution in [1.29, 1.82) is 0 Å². The molecule has 1 amide bonds. The van der Waals surface area contributed by atoms with Gasteiger partial charge in [-0.1, -0.05) is 30.3 Å². The third kappa shape index (κ3) is 6.52. The molecule has 4 aliphatic heterocycles. The standard InChI is InChI=1S/C38H47ClN8O3/c1-4-38(48)43-31-18-32(42-36-20-37(41-23-40-36)47-33(14-17-50-47)29-6-5-7-30(39)24(29)2)35(49-3)19-34(31)44-15-12-25(13-16-44)45-21-27-10-11-28(22-45)46(27)26-8-9-26/h4-7,18-20,23,25-28,33H,1,8-17,21-22H2,2-3H3,(H,43,48)(H,40,41,42)/t27?,28?,33-/m1/s1. The molecule has 264 valence electrons. The van der Waals surface area contributed by atoms with Crippen molar-refractivity contribution >= 4 is 46.2 Å². The predicted octanol–water partition coefficient (Wildman–Crippen LogP) is 6.48. The molecule has 2 bridgehead atoms. The van der Waals surface area contributed by atoms with Crippen LogP contribution in [0.15, 0.2) is 55.4 Å². The molecule has 11 nitrogen and oxygen atoms in total. The summed E-state index contributed by atoms with van der Waals surface area (Å²) in [6.07, 6.45) is 11.3. The molecule has 3 aromatic rings. The Morgan fingerprint density at radius 3 is 2.46 bits per heavy atom. The molecule has 2 unspecified atom stereocenters. The van der Waals surface area contributed by atoms with Crippen molar-refractivity contribution in [1.82, 2.24) is 19.8 Å². The number of halogens is 1. The maximum atomic E-state index is 12.7. The zero-order valence-electron chi connectivity index (χ0n) is 29.0. The Bertz CT molecular complexity index is 1730. The van der Waals surface area contributed by atoms with Crippen molar-refractivity contribution in [2.75, 3.05) is 60.5 Å². The van der Waals surface area contributed by atoms with E-state index >= 15 is 0 Å². The number of carbonyl (C=O) groups excluding carboxylic acids is 1. The summed E-state index contributed by atoms with van der Waals surface area (Å²) >= 11 is 6.46. The van der Waals surface area contributed by atoms with Gasteiger partial charge in [0.15, 0.2) is 5.82 Å². The van der Waals surface area contributed by atoms with Crippen molar-refractivity contribution < 1.29 is 14.4 Å². The van der Waals surface area contributed by atoms with Crippen LogP contribution in [-0.2, 0) is 9.63 Å². The lowest BCUT2D eigenvalue weighted by molar-refractivity contribution is -0.111. The number of aromatic nitrogens is 2. The fourth-order valence-electron chi connectivity index (χ4n) is 8.72. The number of carbonyl (C=O) groups is 1. The summed E-state index contributed by atoms with van der Waals surface area (Å²) in [7, 11) is 1.66. The third-order valence-electron chi connectivity index (χ3n) is 11.3. The van der Waals surface area contributed by atoms with Gasteiger partial charge in [-0.2, -0.15) is 0 Å². The number of ether oxygens (including phenoxy) is 1. The van der Waals surface area contributed by atoms with E-state index in [1.807, 2.05) is 42.3 Å². The van der Waals surface area contributed by atoms with E-state index in [1.165, 1.54) is 51.2 Å². The Kier molecular flexibility index (Phi) is 9.32. The van der Waals surface area contributed by atoms with E-state index in [2.05, 4.69) is 47.9 Å². The maximum Gasteiger partial charge on any atom is 0.247 e. The van der Waals surface area contributed by atoms with Crippen molar-refractivity contribution in [2.24, 2.45) is 0 Å². The van der Waals surface area contributed by atoms with Gasteiger partial charge in [0.1, 0.15) is 17.9 Å². The van der Waals surface area contributed by atoms with Gasteiger partial charge in [-0.15, -0.1) is 0 Å². The second-order valence-corrected chi connectivity index (χ2v) is 14.7. The van der Waals surface area contributed by atoms with E-state index in [9.17, 15) is 4.79 Å². The third-order valence-corrected chi connectivity index (χ3v) is 11.7. The average molecular weight is 699 g/mol. The van der Waals surface area contributed by atoms with E-state index in [0.29, 0.717) is 41.4 Å². The summed E-state index contributed by atoms with van der Waals surface area (Å²) in [6.45, 7) is 10.5. The second kappa shape index (κ2) is 14.0. The van der Waals surface area contributed by atoms with E-state index in [4.69, 9.17) is 21.2 Å². The molecule has 1 aromatic heterocycles. The van der Waals surface area contributed by atoms with Gasteiger partial charge in [-0.05, 0) is 74.8 Å². The number of anilines is 5. The van der Waals surface area contributed by atoms with Crippen LogP contribution in [-0.4, -0.2) is 89.7 Å². The number of nitrogens with zero attached hydrogens (tertiary/aromatic N) is 6. The molecule has 8 rings (SSSR count). The van der Waals surface area contributed by atoms with Crippen molar-refractivity contribution in [3.63, 3.8) is 0 Å². The first-order chi connectivity index (χ1) is 24.4. The number of piperazine rings is 1. The van der Waals surface area contributed by atoms with Gasteiger partial charge >= 0.3 is 0 Å². The first kappa shape index (κ1) is 33.3. The fraction of sp³-hybridized carbons (Fsp3) is 0.500. The van der Waals surface area contributed by atoms with E-state index < -0.39 is 0 Å². The van der Waals surface area contributed by atoms with E-state index in [0.717, 1.165) is 72.3 Å². The summed E-state index contributed by atoms with van der Waals surface area (Å²) < 4.78 is 5.92. The summed E-state index contributed by atoms with van der Waals surface area (Å²) in [5.41, 5.74) is 4.44. The van der Waals surface area contributed by atoms with Crippen LogP contribution in [0.1, 0.15) is 62.1 Å². The molecule has 1 aliphatic carbocycles. The van der Waals surface area contributed by atoms with Gasteiger partial charge in [0.2, 0.25) is 5.91 Å². The van der Waals surface area contributed by atoms with Gasteiger partial charge < -0.3 is 20.3 Å². The lowest BCUT2D eigenvalue weighted by atomic mass is 9.99. The number of amides is 1. The number of benzene rings is 2. The highest BCUT2D eigenvalue weighted by Gasteiger charge is 2.47. The van der Waals surface area contributed by atoms with Gasteiger partial charge in [-0.25, -0.2) is 15.0 Å². The fourth-order valence-corrected chi connectivity index (χ4v) is 8.91. The number of rotatable bonds is 10. The summed E-state index contributed by atoms with van der Waals surface area (Å²) in [5, 5.41) is 9.04. The quantitative estimate of drug-likeness (QED) is 0.229. The lowest BCUT2D eigenvalue weighted by Gasteiger charge is -2.47. The number of fused-ring (bicyclic) bond motifs is 2. The molecule has 5 fully saturated rings. The van der Waals surface area contributed by atoms with Crippen molar-refractivity contribution in [2.45, 2.75) is 82.1 Å². The number of likely N-dealkylation sites (tertiary alicyclic amines) is 1. The minimum atomic E-state index is -0.265. The normalized spacial score (nSPS) is 24.4. The molecule has 0 radical (unpaired) electrons. The van der Waals surface area contributed by atoms with Crippen LogP contribution >= 0.6 is 11.6 Å².